The van der Waals surface area contributed by atoms with E-state index >= 15 is 0 Å². The van der Waals surface area contributed by atoms with Crippen LogP contribution in [0.25, 0.3) is 11.3 Å². The number of rotatable bonds is 5. The number of H-pyrrole nitrogens is 1. The van der Waals surface area contributed by atoms with Crippen molar-refractivity contribution < 1.29 is 37.0 Å². The van der Waals surface area contributed by atoms with E-state index in [1.807, 2.05) is 0 Å². The second kappa shape index (κ2) is 8.92. The number of piperidine rings is 1. The Morgan fingerprint density at radius 3 is 2.45 bits per heavy atom. The molecule has 0 radical (unpaired) electrons. The summed E-state index contributed by atoms with van der Waals surface area (Å²) in [6, 6.07) is 2.83. The predicted molar refractivity (Wildman–Crippen MR) is 125 cm³/mol. The Hall–Kier alpha value is -3.22. The molecule has 4 N–H and O–H groups in total. The molecule has 0 bridgehead atoms. The number of methoxy groups -OCH3 is 1. The molecule has 38 heavy (non-hydrogen) atoms. The molecule has 2 aromatic heterocycles. The Morgan fingerprint density at radius 2 is 1.87 bits per heavy atom. The standard InChI is InChI=1S/C25H29F4N5O4/c1-38-19-10-15(16(26)13-31-19)17-11-18(33-32-17)20(35)34-9-2-14(12-22(34)3-4-22)23(21(30)36)5-7-24(37,8-6-23)25(27,28)29/h10-11,13-14,37H,2-9,12H2,1H3,(H2,30,36)(H,32,33)/t14-,23?,24?/m0/s1. The summed E-state index contributed by atoms with van der Waals surface area (Å²) in [4.78, 5) is 31.6. The minimum Gasteiger partial charge on any atom is -0.481 e. The molecule has 1 aliphatic heterocycles. The zero-order chi connectivity index (χ0) is 27.5. The lowest BCUT2D eigenvalue weighted by molar-refractivity contribution is -0.276. The van der Waals surface area contributed by atoms with Gasteiger partial charge in [-0.3, -0.25) is 14.7 Å². The fourth-order valence-corrected chi connectivity index (χ4v) is 6.29. The van der Waals surface area contributed by atoms with Crippen LogP contribution in [-0.4, -0.2) is 68.0 Å². The number of ether oxygens (including phenoxy) is 1. The minimum absolute atomic E-state index is 0.117. The van der Waals surface area contributed by atoms with Gasteiger partial charge in [0.1, 0.15) is 5.69 Å². The largest absolute Gasteiger partial charge is 0.481 e. The number of nitrogens with one attached hydrogen (secondary N) is 1. The summed E-state index contributed by atoms with van der Waals surface area (Å²) in [5.41, 5.74) is 1.75. The summed E-state index contributed by atoms with van der Waals surface area (Å²) in [5.74, 6) is -1.73. The molecule has 5 rings (SSSR count). The van der Waals surface area contributed by atoms with Gasteiger partial charge in [-0.15, -0.1) is 0 Å². The maximum Gasteiger partial charge on any atom is 0.417 e. The first kappa shape index (κ1) is 26.4. The van der Waals surface area contributed by atoms with E-state index in [4.69, 9.17) is 10.5 Å². The zero-order valence-corrected chi connectivity index (χ0v) is 20.8. The number of pyridine rings is 1. The van der Waals surface area contributed by atoms with E-state index in [1.165, 1.54) is 19.2 Å². The van der Waals surface area contributed by atoms with Crippen molar-refractivity contribution in [2.45, 2.75) is 68.7 Å². The second-order valence-electron chi connectivity index (χ2n) is 10.8. The number of carbonyl (C=O) groups is 2. The predicted octanol–water partition coefficient (Wildman–Crippen LogP) is 3.34. The molecule has 2 aromatic rings. The molecular formula is C25H29F4N5O4. The van der Waals surface area contributed by atoms with E-state index in [0.29, 0.717) is 25.7 Å². The Morgan fingerprint density at radius 1 is 1.18 bits per heavy atom. The zero-order valence-electron chi connectivity index (χ0n) is 20.8. The molecule has 3 aliphatic rings. The monoisotopic (exact) mass is 539 g/mol. The maximum atomic E-state index is 14.3. The van der Waals surface area contributed by atoms with Crippen molar-refractivity contribution in [3.63, 3.8) is 0 Å². The van der Waals surface area contributed by atoms with Gasteiger partial charge in [-0.25, -0.2) is 9.37 Å². The molecule has 1 saturated heterocycles. The van der Waals surface area contributed by atoms with Gasteiger partial charge in [0.2, 0.25) is 11.8 Å². The number of hydrogen-bond acceptors (Lipinski definition) is 6. The topological polar surface area (TPSA) is 134 Å². The maximum absolute atomic E-state index is 14.3. The lowest BCUT2D eigenvalue weighted by Crippen LogP contribution is -2.58. The third kappa shape index (κ3) is 4.20. The first-order valence-corrected chi connectivity index (χ1v) is 12.5. The van der Waals surface area contributed by atoms with E-state index in [-0.39, 0.29) is 54.0 Å². The van der Waals surface area contributed by atoms with Gasteiger partial charge in [-0.05, 0) is 63.4 Å². The van der Waals surface area contributed by atoms with Gasteiger partial charge in [0.05, 0.1) is 24.4 Å². The molecule has 0 aromatic carbocycles. The molecule has 3 heterocycles. The highest BCUT2D eigenvalue weighted by molar-refractivity contribution is 5.94. The number of alkyl halides is 3. The quantitative estimate of drug-likeness (QED) is 0.499. The number of carbonyl (C=O) groups excluding carboxylic acids is 2. The summed E-state index contributed by atoms with van der Waals surface area (Å²) in [6.07, 6.45) is -3.06. The molecule has 3 fully saturated rings. The van der Waals surface area contributed by atoms with Gasteiger partial charge in [0, 0.05) is 23.7 Å². The molecule has 2 aliphatic carbocycles. The highest BCUT2D eigenvalue weighted by Crippen LogP contribution is 2.58. The lowest BCUT2D eigenvalue weighted by Gasteiger charge is -2.51. The van der Waals surface area contributed by atoms with Crippen molar-refractivity contribution in [2.75, 3.05) is 13.7 Å². The third-order valence-corrected chi connectivity index (χ3v) is 8.87. The summed E-state index contributed by atoms with van der Waals surface area (Å²) < 4.78 is 59.5. The van der Waals surface area contributed by atoms with E-state index in [1.54, 1.807) is 4.90 Å². The van der Waals surface area contributed by atoms with E-state index in [9.17, 15) is 32.3 Å². The number of nitrogens with two attached hydrogens (primary N) is 1. The first-order chi connectivity index (χ1) is 17.8. The number of aliphatic hydroxyl groups is 1. The van der Waals surface area contributed by atoms with E-state index in [2.05, 4.69) is 15.2 Å². The van der Waals surface area contributed by atoms with Crippen LogP contribution in [0.2, 0.25) is 0 Å². The van der Waals surface area contributed by atoms with Crippen molar-refractivity contribution in [1.29, 1.82) is 0 Å². The van der Waals surface area contributed by atoms with Gasteiger partial charge in [-0.2, -0.15) is 18.3 Å². The molecule has 2 saturated carbocycles. The number of likely N-dealkylation sites (tertiary alicyclic amines) is 1. The van der Waals surface area contributed by atoms with Gasteiger partial charge < -0.3 is 20.5 Å². The molecule has 2 amide bonds. The SMILES string of the molecule is COc1cc(-c2cc(C(=O)N3CC[C@H](C4(C(N)=O)CCC(O)(C(F)(F)F)CC4)CC34CC4)[nH]n2)c(F)cn1. The summed E-state index contributed by atoms with van der Waals surface area (Å²) in [5, 5.41) is 16.9. The van der Waals surface area contributed by atoms with Gasteiger partial charge in [0.25, 0.3) is 5.91 Å². The Labute approximate surface area is 215 Å². The van der Waals surface area contributed by atoms with E-state index in [0.717, 1.165) is 6.20 Å². The van der Waals surface area contributed by atoms with Crippen molar-refractivity contribution in [1.82, 2.24) is 20.1 Å². The summed E-state index contributed by atoms with van der Waals surface area (Å²) >= 11 is 0. The molecular weight excluding hydrogens is 510 g/mol. The second-order valence-corrected chi connectivity index (χ2v) is 10.8. The van der Waals surface area contributed by atoms with Crippen LogP contribution in [0.3, 0.4) is 0 Å². The van der Waals surface area contributed by atoms with Gasteiger partial charge in [-0.1, -0.05) is 0 Å². The Kier molecular flexibility index (Phi) is 6.20. The van der Waals surface area contributed by atoms with Crippen molar-refractivity contribution in [3.8, 4) is 17.1 Å². The number of aromatic nitrogens is 3. The Bertz CT molecular complexity index is 1250. The highest BCUT2D eigenvalue weighted by atomic mass is 19.4. The highest BCUT2D eigenvalue weighted by Gasteiger charge is 2.63. The van der Waals surface area contributed by atoms with Crippen LogP contribution >= 0.6 is 0 Å². The average molecular weight is 540 g/mol. The molecule has 206 valence electrons. The van der Waals surface area contributed by atoms with E-state index < -0.39 is 47.3 Å². The summed E-state index contributed by atoms with van der Waals surface area (Å²) in [6.45, 7) is 0.286. The lowest BCUT2D eigenvalue weighted by atomic mass is 9.58. The third-order valence-electron chi connectivity index (χ3n) is 8.87. The first-order valence-electron chi connectivity index (χ1n) is 12.5. The van der Waals surface area contributed by atoms with Crippen molar-refractivity contribution in [2.24, 2.45) is 17.1 Å². The minimum atomic E-state index is -4.78. The van der Waals surface area contributed by atoms with Gasteiger partial charge >= 0.3 is 6.18 Å². The normalized spacial score (nSPS) is 28.8. The van der Waals surface area contributed by atoms with Crippen molar-refractivity contribution >= 4 is 11.8 Å². The number of primary amides is 1. The van der Waals surface area contributed by atoms with Crippen LogP contribution < -0.4 is 10.5 Å². The van der Waals surface area contributed by atoms with Crippen LogP contribution in [0, 0.1) is 17.2 Å². The van der Waals surface area contributed by atoms with Crippen LogP contribution in [0.15, 0.2) is 18.3 Å². The molecule has 1 spiro atoms. The average Bonchev–Trinajstić information content (AvgIpc) is 3.45. The number of nitrogens with zero attached hydrogens (tertiary/aromatic N) is 3. The smallest absolute Gasteiger partial charge is 0.417 e. The molecule has 0 unspecified atom stereocenters. The molecule has 13 heteroatoms. The number of hydrogen-bond donors (Lipinski definition) is 3. The molecule has 1 atom stereocenters. The van der Waals surface area contributed by atoms with Crippen LogP contribution in [-0.2, 0) is 4.79 Å². The number of amides is 2. The Balaban J connectivity index is 1.33. The number of aromatic amines is 1. The fourth-order valence-electron chi connectivity index (χ4n) is 6.29. The summed E-state index contributed by atoms with van der Waals surface area (Å²) in [7, 11) is 1.40. The van der Waals surface area contributed by atoms with Gasteiger partial charge in [0.15, 0.2) is 11.4 Å². The number of halogens is 4. The molecule has 9 nitrogen and oxygen atoms in total. The van der Waals surface area contributed by atoms with Crippen LogP contribution in [0.5, 0.6) is 5.88 Å². The van der Waals surface area contributed by atoms with Crippen LogP contribution in [0.4, 0.5) is 17.6 Å². The fraction of sp³-hybridized carbons (Fsp3) is 0.600. The van der Waals surface area contributed by atoms with Crippen LogP contribution in [0.1, 0.15) is 61.9 Å². The van der Waals surface area contributed by atoms with Crippen molar-refractivity contribution in [3.05, 3.63) is 29.8 Å².